The van der Waals surface area contributed by atoms with Gasteiger partial charge in [0.05, 0.1) is 0 Å². The van der Waals surface area contributed by atoms with Gasteiger partial charge in [0, 0.05) is 23.5 Å². The molecule has 11 heavy (non-hydrogen) atoms. The average Bonchev–Trinajstić information content (AvgIpc) is 2.30. The van der Waals surface area contributed by atoms with Gasteiger partial charge in [0.2, 0.25) is 0 Å². The lowest BCUT2D eigenvalue weighted by Crippen LogP contribution is -2.16. The Hall–Kier alpha value is -0.970. The van der Waals surface area contributed by atoms with Gasteiger partial charge in [0.1, 0.15) is 12.5 Å². The van der Waals surface area contributed by atoms with E-state index < -0.39 is 12.5 Å². The van der Waals surface area contributed by atoms with Crippen molar-refractivity contribution < 1.29 is 10.2 Å². The molecule has 1 aromatic rings. The SMILES string of the molecule is OC1NC(O)c2cnccc21. The Morgan fingerprint density at radius 1 is 1.27 bits per heavy atom. The molecule has 4 heteroatoms. The Morgan fingerprint density at radius 3 is 2.73 bits per heavy atom. The van der Waals surface area contributed by atoms with Crippen molar-refractivity contribution in [2.75, 3.05) is 0 Å². The van der Waals surface area contributed by atoms with Crippen LogP contribution in [0, 0.1) is 0 Å². The maximum absolute atomic E-state index is 9.25. The monoisotopic (exact) mass is 152 g/mol. The first kappa shape index (κ1) is 6.72. The van der Waals surface area contributed by atoms with Crippen molar-refractivity contribution in [3.05, 3.63) is 29.6 Å². The van der Waals surface area contributed by atoms with E-state index in [0.717, 1.165) is 0 Å². The number of rotatable bonds is 0. The van der Waals surface area contributed by atoms with E-state index in [-0.39, 0.29) is 0 Å². The number of aliphatic hydroxyl groups excluding tert-OH is 2. The molecule has 0 fully saturated rings. The van der Waals surface area contributed by atoms with Gasteiger partial charge < -0.3 is 10.2 Å². The lowest BCUT2D eigenvalue weighted by Gasteiger charge is -2.02. The van der Waals surface area contributed by atoms with Gasteiger partial charge in [-0.05, 0) is 6.07 Å². The summed E-state index contributed by atoms with van der Waals surface area (Å²) >= 11 is 0. The van der Waals surface area contributed by atoms with E-state index >= 15 is 0 Å². The third-order valence-corrected chi connectivity index (χ3v) is 1.79. The van der Waals surface area contributed by atoms with Crippen LogP contribution in [0.4, 0.5) is 0 Å². The van der Waals surface area contributed by atoms with Crippen LogP contribution in [0.1, 0.15) is 23.6 Å². The minimum Gasteiger partial charge on any atom is -0.374 e. The molecule has 2 rings (SSSR count). The number of nitrogens with one attached hydrogen (secondary N) is 1. The van der Waals surface area contributed by atoms with Crippen molar-refractivity contribution in [1.29, 1.82) is 0 Å². The quantitative estimate of drug-likeness (QED) is 0.476. The average molecular weight is 152 g/mol. The van der Waals surface area contributed by atoms with Crippen LogP contribution in [-0.4, -0.2) is 15.2 Å². The molecule has 0 saturated carbocycles. The second kappa shape index (κ2) is 2.27. The number of fused-ring (bicyclic) bond motifs is 1. The van der Waals surface area contributed by atoms with Crippen molar-refractivity contribution in [1.82, 2.24) is 10.3 Å². The van der Waals surface area contributed by atoms with E-state index in [1.54, 1.807) is 18.5 Å². The molecule has 1 aliphatic rings. The Morgan fingerprint density at radius 2 is 2.00 bits per heavy atom. The zero-order chi connectivity index (χ0) is 7.84. The minimum absolute atomic E-state index is 0.653. The standard InChI is InChI=1S/C7H8N2O2/c10-6-4-1-2-8-3-5(4)7(11)9-6/h1-3,6-7,9-11H. The van der Waals surface area contributed by atoms with Crippen LogP contribution in [0.5, 0.6) is 0 Å². The second-order valence-electron chi connectivity index (χ2n) is 2.48. The molecule has 2 heterocycles. The molecular weight excluding hydrogens is 144 g/mol. The summed E-state index contributed by atoms with van der Waals surface area (Å²) in [4.78, 5) is 3.83. The molecular formula is C7H8N2O2. The number of nitrogens with zero attached hydrogens (tertiary/aromatic N) is 1. The maximum atomic E-state index is 9.25. The number of hydrogen-bond donors (Lipinski definition) is 3. The van der Waals surface area contributed by atoms with Gasteiger partial charge in [-0.15, -0.1) is 0 Å². The van der Waals surface area contributed by atoms with E-state index in [0.29, 0.717) is 11.1 Å². The summed E-state index contributed by atoms with van der Waals surface area (Å²) < 4.78 is 0. The summed E-state index contributed by atoms with van der Waals surface area (Å²) in [6, 6.07) is 1.68. The summed E-state index contributed by atoms with van der Waals surface area (Å²) in [6.07, 6.45) is 1.59. The third-order valence-electron chi connectivity index (χ3n) is 1.79. The van der Waals surface area contributed by atoms with Crippen LogP contribution in [0.25, 0.3) is 0 Å². The van der Waals surface area contributed by atoms with Gasteiger partial charge >= 0.3 is 0 Å². The third kappa shape index (κ3) is 0.920. The van der Waals surface area contributed by atoms with Crippen molar-refractivity contribution in [3.63, 3.8) is 0 Å². The van der Waals surface area contributed by atoms with Crippen LogP contribution >= 0.6 is 0 Å². The van der Waals surface area contributed by atoms with Crippen molar-refractivity contribution in [2.45, 2.75) is 12.5 Å². The van der Waals surface area contributed by atoms with Crippen LogP contribution < -0.4 is 5.32 Å². The van der Waals surface area contributed by atoms with Crippen LogP contribution in [-0.2, 0) is 0 Å². The lowest BCUT2D eigenvalue weighted by molar-refractivity contribution is 0.0671. The highest BCUT2D eigenvalue weighted by Gasteiger charge is 2.26. The summed E-state index contributed by atoms with van der Waals surface area (Å²) in [7, 11) is 0. The molecule has 0 bridgehead atoms. The highest BCUT2D eigenvalue weighted by atomic mass is 16.3. The van der Waals surface area contributed by atoms with Crippen molar-refractivity contribution in [2.24, 2.45) is 0 Å². The summed E-state index contributed by atoms with van der Waals surface area (Å²) in [5.41, 5.74) is 1.35. The highest BCUT2D eigenvalue weighted by Crippen LogP contribution is 2.28. The van der Waals surface area contributed by atoms with Gasteiger partial charge in [-0.1, -0.05) is 0 Å². The van der Waals surface area contributed by atoms with Crippen LogP contribution in [0.2, 0.25) is 0 Å². The van der Waals surface area contributed by atoms with Gasteiger partial charge in [-0.3, -0.25) is 10.3 Å². The van der Waals surface area contributed by atoms with Gasteiger partial charge in [-0.25, -0.2) is 0 Å². The van der Waals surface area contributed by atoms with E-state index in [1.807, 2.05) is 0 Å². The molecule has 1 aliphatic heterocycles. The highest BCUT2D eigenvalue weighted by molar-refractivity contribution is 5.30. The van der Waals surface area contributed by atoms with Crippen molar-refractivity contribution in [3.8, 4) is 0 Å². The summed E-state index contributed by atoms with van der Waals surface area (Å²) in [5, 5.41) is 21.0. The molecule has 1 aromatic heterocycles. The number of hydrogen-bond acceptors (Lipinski definition) is 4. The Labute approximate surface area is 63.5 Å². The van der Waals surface area contributed by atoms with E-state index in [1.165, 1.54) is 0 Å². The van der Waals surface area contributed by atoms with E-state index in [4.69, 9.17) is 0 Å². The molecule has 2 unspecified atom stereocenters. The van der Waals surface area contributed by atoms with E-state index in [9.17, 15) is 10.2 Å². The maximum Gasteiger partial charge on any atom is 0.135 e. The topological polar surface area (TPSA) is 65.4 Å². The van der Waals surface area contributed by atoms with Gasteiger partial charge in [0.25, 0.3) is 0 Å². The zero-order valence-corrected chi connectivity index (χ0v) is 5.73. The normalized spacial score (nSPS) is 28.5. The number of aromatic nitrogens is 1. The Balaban J connectivity index is 2.52. The van der Waals surface area contributed by atoms with E-state index in [2.05, 4.69) is 10.3 Å². The van der Waals surface area contributed by atoms with Crippen molar-refractivity contribution >= 4 is 0 Å². The first-order valence-electron chi connectivity index (χ1n) is 3.35. The summed E-state index contributed by atoms with van der Waals surface area (Å²) in [5.74, 6) is 0. The summed E-state index contributed by atoms with van der Waals surface area (Å²) in [6.45, 7) is 0. The van der Waals surface area contributed by atoms with Gasteiger partial charge in [0.15, 0.2) is 0 Å². The Bertz CT molecular complexity index is 250. The smallest absolute Gasteiger partial charge is 0.135 e. The molecule has 2 atom stereocenters. The predicted octanol–water partition coefficient (Wildman–Crippen LogP) is -0.333. The molecule has 0 spiro atoms. The molecule has 0 amide bonds. The zero-order valence-electron chi connectivity index (χ0n) is 5.73. The van der Waals surface area contributed by atoms with Gasteiger partial charge in [-0.2, -0.15) is 0 Å². The lowest BCUT2D eigenvalue weighted by atomic mass is 10.2. The molecule has 58 valence electrons. The van der Waals surface area contributed by atoms with Crippen LogP contribution in [0.3, 0.4) is 0 Å². The molecule has 0 aliphatic carbocycles. The molecule has 4 nitrogen and oxygen atoms in total. The molecule has 0 aromatic carbocycles. The predicted molar refractivity (Wildman–Crippen MR) is 37.3 cm³/mol. The first-order valence-corrected chi connectivity index (χ1v) is 3.35. The fourth-order valence-corrected chi connectivity index (χ4v) is 1.22. The number of pyridine rings is 1. The fourth-order valence-electron chi connectivity index (χ4n) is 1.22. The van der Waals surface area contributed by atoms with Crippen LogP contribution in [0.15, 0.2) is 18.5 Å². The largest absolute Gasteiger partial charge is 0.374 e. The number of aliphatic hydroxyl groups is 2. The first-order chi connectivity index (χ1) is 5.29. The second-order valence-corrected chi connectivity index (χ2v) is 2.48. The Kier molecular flexibility index (Phi) is 1.38. The minimum atomic E-state index is -0.784. The molecule has 3 N–H and O–H groups in total. The molecule has 0 radical (unpaired) electrons. The fraction of sp³-hybridized carbons (Fsp3) is 0.286. The molecule has 0 saturated heterocycles.